The van der Waals surface area contributed by atoms with E-state index in [4.69, 9.17) is 13.9 Å². The van der Waals surface area contributed by atoms with Crippen LogP contribution < -0.4 is 9.47 Å². The quantitative estimate of drug-likeness (QED) is 0.571. The van der Waals surface area contributed by atoms with Gasteiger partial charge in [0.1, 0.15) is 5.52 Å². The monoisotopic (exact) mass is 311 g/mol. The molecule has 3 aromatic rings. The smallest absolute Gasteiger partial charge is 0.227 e. The van der Waals surface area contributed by atoms with Crippen LogP contribution in [0.2, 0.25) is 0 Å². The minimum absolute atomic E-state index is 0.585. The van der Waals surface area contributed by atoms with E-state index in [0.717, 1.165) is 28.8 Å². The second kappa shape index (κ2) is 7.18. The first-order valence-electron chi connectivity index (χ1n) is 7.98. The van der Waals surface area contributed by atoms with Gasteiger partial charge < -0.3 is 13.9 Å². The zero-order valence-electron chi connectivity index (χ0n) is 13.5. The van der Waals surface area contributed by atoms with Crippen molar-refractivity contribution in [1.82, 2.24) is 4.98 Å². The zero-order valence-corrected chi connectivity index (χ0v) is 13.5. The predicted octanol–water partition coefficient (Wildman–Crippen LogP) is 5.07. The summed E-state index contributed by atoms with van der Waals surface area (Å²) >= 11 is 0. The molecule has 1 aromatic heterocycles. The third kappa shape index (κ3) is 3.47. The van der Waals surface area contributed by atoms with Gasteiger partial charge in [0.25, 0.3) is 0 Å². The molecule has 0 amide bonds. The summed E-state index contributed by atoms with van der Waals surface area (Å²) in [6.07, 6.45) is 3.40. The van der Waals surface area contributed by atoms with Crippen LogP contribution in [-0.4, -0.2) is 18.7 Å². The maximum Gasteiger partial charge on any atom is 0.227 e. The number of rotatable bonds is 7. The Balaban J connectivity index is 1.83. The van der Waals surface area contributed by atoms with E-state index < -0.39 is 0 Å². The molecule has 23 heavy (non-hydrogen) atoms. The van der Waals surface area contributed by atoms with Crippen LogP contribution in [0.15, 0.2) is 46.9 Å². The summed E-state index contributed by atoms with van der Waals surface area (Å²) in [7, 11) is 1.64. The Morgan fingerprint density at radius 1 is 1.04 bits per heavy atom. The fourth-order valence-corrected chi connectivity index (χ4v) is 2.45. The normalized spacial score (nSPS) is 10.9. The number of fused-ring (bicyclic) bond motifs is 1. The second-order valence-corrected chi connectivity index (χ2v) is 5.41. The number of methoxy groups -OCH3 is 1. The van der Waals surface area contributed by atoms with Gasteiger partial charge >= 0.3 is 0 Å². The van der Waals surface area contributed by atoms with Gasteiger partial charge in [0.15, 0.2) is 17.1 Å². The average molecular weight is 311 g/mol. The molecule has 0 aliphatic rings. The number of unbranched alkanes of at least 4 members (excludes halogenated alkanes) is 2. The van der Waals surface area contributed by atoms with Crippen molar-refractivity contribution in [3.8, 4) is 23.0 Å². The van der Waals surface area contributed by atoms with Gasteiger partial charge in [-0.1, -0.05) is 31.9 Å². The van der Waals surface area contributed by atoms with Crippen molar-refractivity contribution in [3.63, 3.8) is 0 Å². The fourth-order valence-electron chi connectivity index (χ4n) is 2.45. The molecule has 120 valence electrons. The Morgan fingerprint density at radius 3 is 2.70 bits per heavy atom. The van der Waals surface area contributed by atoms with E-state index >= 15 is 0 Å². The van der Waals surface area contributed by atoms with Crippen molar-refractivity contribution in [2.45, 2.75) is 26.2 Å². The molecule has 0 radical (unpaired) electrons. The molecule has 0 atom stereocenters. The topological polar surface area (TPSA) is 44.5 Å². The molecule has 3 rings (SSSR count). The lowest BCUT2D eigenvalue weighted by Gasteiger charge is -2.11. The molecule has 2 aromatic carbocycles. The molecule has 0 spiro atoms. The van der Waals surface area contributed by atoms with Crippen molar-refractivity contribution < 1.29 is 13.9 Å². The highest BCUT2D eigenvalue weighted by molar-refractivity contribution is 5.76. The summed E-state index contributed by atoms with van der Waals surface area (Å²) in [6, 6.07) is 13.5. The minimum atomic E-state index is 0.585. The van der Waals surface area contributed by atoms with E-state index in [0.29, 0.717) is 18.2 Å². The van der Waals surface area contributed by atoms with E-state index in [1.165, 1.54) is 12.8 Å². The number of nitrogens with zero attached hydrogens (tertiary/aromatic N) is 1. The molecule has 0 aliphatic heterocycles. The van der Waals surface area contributed by atoms with Gasteiger partial charge in [0.05, 0.1) is 13.7 Å². The number of benzene rings is 2. The van der Waals surface area contributed by atoms with E-state index in [9.17, 15) is 0 Å². The number of oxazole rings is 1. The van der Waals surface area contributed by atoms with Crippen molar-refractivity contribution in [1.29, 1.82) is 0 Å². The summed E-state index contributed by atoms with van der Waals surface area (Å²) in [5, 5.41) is 0. The summed E-state index contributed by atoms with van der Waals surface area (Å²) in [5.74, 6) is 2.03. The highest BCUT2D eigenvalue weighted by Crippen LogP contribution is 2.33. The molecule has 0 unspecified atom stereocenters. The molecule has 4 nitrogen and oxygen atoms in total. The van der Waals surface area contributed by atoms with Crippen LogP contribution in [0.25, 0.3) is 22.6 Å². The van der Waals surface area contributed by atoms with E-state index in [1.54, 1.807) is 7.11 Å². The number of para-hydroxylation sites is 2. The zero-order chi connectivity index (χ0) is 16.1. The average Bonchev–Trinajstić information content (AvgIpc) is 3.03. The van der Waals surface area contributed by atoms with Gasteiger partial charge in [-0.2, -0.15) is 0 Å². The number of hydrogen-bond donors (Lipinski definition) is 0. The van der Waals surface area contributed by atoms with Gasteiger partial charge in [-0.05, 0) is 36.8 Å². The number of aromatic nitrogens is 1. The number of hydrogen-bond acceptors (Lipinski definition) is 4. The molecular weight excluding hydrogens is 290 g/mol. The summed E-state index contributed by atoms with van der Waals surface area (Å²) in [5.41, 5.74) is 2.50. The SMILES string of the molecule is CCCCCOc1ccc(-c2nc3ccccc3o2)cc1OC. The standard InChI is InChI=1S/C19H21NO3/c1-3-4-7-12-22-17-11-10-14(13-18(17)21-2)19-20-15-8-5-6-9-16(15)23-19/h5-6,8-11,13H,3-4,7,12H2,1-2H3. The molecule has 4 heteroatoms. The third-order valence-corrected chi connectivity index (χ3v) is 3.71. The largest absolute Gasteiger partial charge is 0.493 e. The van der Waals surface area contributed by atoms with Crippen LogP contribution >= 0.6 is 0 Å². The highest BCUT2D eigenvalue weighted by Gasteiger charge is 2.12. The van der Waals surface area contributed by atoms with Crippen molar-refractivity contribution in [2.24, 2.45) is 0 Å². The Hall–Kier alpha value is -2.49. The van der Waals surface area contributed by atoms with Crippen LogP contribution in [0.5, 0.6) is 11.5 Å². The molecule has 0 fully saturated rings. The first kappa shape index (κ1) is 15.4. The Labute approximate surface area is 136 Å². The Kier molecular flexibility index (Phi) is 4.81. The van der Waals surface area contributed by atoms with Crippen LogP contribution in [0, 0.1) is 0 Å². The van der Waals surface area contributed by atoms with Crippen LogP contribution in [-0.2, 0) is 0 Å². The first-order chi connectivity index (χ1) is 11.3. The van der Waals surface area contributed by atoms with Crippen LogP contribution in [0.1, 0.15) is 26.2 Å². The Bertz CT molecular complexity index is 746. The van der Waals surface area contributed by atoms with E-state index in [1.807, 2.05) is 42.5 Å². The lowest BCUT2D eigenvalue weighted by molar-refractivity contribution is 0.286. The maximum atomic E-state index is 5.80. The molecule has 0 bridgehead atoms. The van der Waals surface area contributed by atoms with Crippen LogP contribution in [0.4, 0.5) is 0 Å². The number of ether oxygens (including phenoxy) is 2. The summed E-state index contributed by atoms with van der Waals surface area (Å²) < 4.78 is 17.0. The fraction of sp³-hybridized carbons (Fsp3) is 0.316. The van der Waals surface area contributed by atoms with Crippen molar-refractivity contribution >= 4 is 11.1 Å². The third-order valence-electron chi connectivity index (χ3n) is 3.71. The molecule has 0 saturated heterocycles. The molecule has 0 aliphatic carbocycles. The van der Waals surface area contributed by atoms with Crippen LogP contribution in [0.3, 0.4) is 0 Å². The highest BCUT2D eigenvalue weighted by atomic mass is 16.5. The molecule has 0 saturated carbocycles. The molecule has 0 N–H and O–H groups in total. The van der Waals surface area contributed by atoms with Gasteiger partial charge in [0, 0.05) is 5.56 Å². The van der Waals surface area contributed by atoms with Crippen molar-refractivity contribution in [3.05, 3.63) is 42.5 Å². The lowest BCUT2D eigenvalue weighted by atomic mass is 10.2. The lowest BCUT2D eigenvalue weighted by Crippen LogP contribution is -1.99. The first-order valence-corrected chi connectivity index (χ1v) is 7.98. The van der Waals surface area contributed by atoms with E-state index in [2.05, 4.69) is 11.9 Å². The molecular formula is C19H21NO3. The summed E-state index contributed by atoms with van der Waals surface area (Å²) in [6.45, 7) is 2.88. The summed E-state index contributed by atoms with van der Waals surface area (Å²) in [4.78, 5) is 4.51. The van der Waals surface area contributed by atoms with Gasteiger partial charge in [-0.3, -0.25) is 0 Å². The predicted molar refractivity (Wildman–Crippen MR) is 91.0 cm³/mol. The van der Waals surface area contributed by atoms with Crippen molar-refractivity contribution in [2.75, 3.05) is 13.7 Å². The van der Waals surface area contributed by atoms with Gasteiger partial charge in [-0.25, -0.2) is 4.98 Å². The van der Waals surface area contributed by atoms with Gasteiger partial charge in [-0.15, -0.1) is 0 Å². The maximum absolute atomic E-state index is 5.80. The van der Waals surface area contributed by atoms with Gasteiger partial charge in [0.2, 0.25) is 5.89 Å². The minimum Gasteiger partial charge on any atom is -0.493 e. The Morgan fingerprint density at radius 2 is 1.91 bits per heavy atom. The molecule has 1 heterocycles. The second-order valence-electron chi connectivity index (χ2n) is 5.41. The van der Waals surface area contributed by atoms with E-state index in [-0.39, 0.29) is 0 Å².